The second-order valence-electron chi connectivity index (χ2n) is 5.38. The van der Waals surface area contributed by atoms with Gasteiger partial charge in [0, 0.05) is 11.8 Å². The Kier molecular flexibility index (Phi) is 4.82. The largest absolute Gasteiger partial charge is 0.611 e. The maximum Gasteiger partial charge on any atom is 0.335 e. The predicted octanol–water partition coefficient (Wildman–Crippen LogP) is 3.03. The average Bonchev–Trinajstić information content (AvgIpc) is 3.02. The van der Waals surface area contributed by atoms with Crippen LogP contribution in [0.25, 0.3) is 16.9 Å². The highest BCUT2D eigenvalue weighted by molar-refractivity contribution is 7.91. The van der Waals surface area contributed by atoms with Crippen LogP contribution < -0.4 is 0 Å². The SMILES string of the molecule is CCCC[S+]([O-])c1cnc2c(c1)ncn2-c1ccc(C(=O)O)cc1. The van der Waals surface area contributed by atoms with Crippen molar-refractivity contribution in [1.82, 2.24) is 14.5 Å². The number of imidazole rings is 1. The minimum Gasteiger partial charge on any atom is -0.611 e. The van der Waals surface area contributed by atoms with Crippen molar-refractivity contribution >= 4 is 28.3 Å². The van der Waals surface area contributed by atoms with Crippen LogP contribution >= 0.6 is 0 Å². The summed E-state index contributed by atoms with van der Waals surface area (Å²) < 4.78 is 14.0. The Hall–Kier alpha value is -2.38. The molecule has 0 radical (unpaired) electrons. The quantitative estimate of drug-likeness (QED) is 0.695. The van der Waals surface area contributed by atoms with Gasteiger partial charge in [0.25, 0.3) is 0 Å². The van der Waals surface area contributed by atoms with Crippen molar-refractivity contribution in [1.29, 1.82) is 0 Å². The Labute approximate surface area is 142 Å². The van der Waals surface area contributed by atoms with Crippen LogP contribution in [0.15, 0.2) is 47.8 Å². The van der Waals surface area contributed by atoms with Crippen molar-refractivity contribution in [2.75, 3.05) is 5.75 Å². The Balaban J connectivity index is 1.92. The predicted molar refractivity (Wildman–Crippen MR) is 92.0 cm³/mol. The van der Waals surface area contributed by atoms with Crippen LogP contribution in [-0.2, 0) is 11.2 Å². The van der Waals surface area contributed by atoms with Gasteiger partial charge in [0.2, 0.25) is 0 Å². The Morgan fingerprint density at radius 3 is 2.71 bits per heavy atom. The van der Waals surface area contributed by atoms with Crippen molar-refractivity contribution in [3.8, 4) is 5.69 Å². The summed E-state index contributed by atoms with van der Waals surface area (Å²) in [5, 5.41) is 8.96. The van der Waals surface area contributed by atoms with Crippen LogP contribution in [0.4, 0.5) is 0 Å². The maximum atomic E-state index is 12.2. The molecule has 0 spiro atoms. The minimum atomic E-state index is -1.06. The Morgan fingerprint density at radius 2 is 2.04 bits per heavy atom. The van der Waals surface area contributed by atoms with E-state index in [-0.39, 0.29) is 5.56 Å². The number of nitrogens with zero attached hydrogens (tertiary/aromatic N) is 3. The molecule has 2 aromatic heterocycles. The molecule has 24 heavy (non-hydrogen) atoms. The molecule has 1 N–H and O–H groups in total. The summed E-state index contributed by atoms with van der Waals surface area (Å²) in [4.78, 5) is 20.3. The molecule has 1 unspecified atom stereocenters. The molecule has 0 fully saturated rings. The first-order valence-corrected chi connectivity index (χ1v) is 8.97. The van der Waals surface area contributed by atoms with Gasteiger partial charge in [0.1, 0.15) is 17.6 Å². The molecule has 3 aromatic rings. The van der Waals surface area contributed by atoms with Crippen molar-refractivity contribution in [3.63, 3.8) is 0 Å². The van der Waals surface area contributed by atoms with Crippen molar-refractivity contribution < 1.29 is 14.5 Å². The first-order valence-electron chi connectivity index (χ1n) is 7.65. The van der Waals surface area contributed by atoms with E-state index >= 15 is 0 Å². The molecule has 0 amide bonds. The van der Waals surface area contributed by atoms with Crippen LogP contribution in [-0.4, -0.2) is 35.9 Å². The van der Waals surface area contributed by atoms with E-state index in [4.69, 9.17) is 5.11 Å². The monoisotopic (exact) mass is 343 g/mol. The molecule has 0 bridgehead atoms. The first kappa shape index (κ1) is 16.5. The lowest BCUT2D eigenvalue weighted by molar-refractivity contribution is 0.0697. The number of rotatable bonds is 6. The first-order chi connectivity index (χ1) is 11.6. The van der Waals surface area contributed by atoms with E-state index in [1.165, 1.54) is 12.1 Å². The fourth-order valence-electron chi connectivity index (χ4n) is 2.35. The van der Waals surface area contributed by atoms with Crippen LogP contribution in [0.5, 0.6) is 0 Å². The molecule has 7 heteroatoms. The molecule has 1 atom stereocenters. The zero-order valence-corrected chi connectivity index (χ0v) is 14.0. The smallest absolute Gasteiger partial charge is 0.335 e. The van der Waals surface area contributed by atoms with E-state index in [1.54, 1.807) is 35.3 Å². The molecule has 0 aliphatic carbocycles. The molecule has 2 heterocycles. The highest BCUT2D eigenvalue weighted by atomic mass is 32.2. The molecule has 3 rings (SSSR count). The topological polar surface area (TPSA) is 91.1 Å². The van der Waals surface area contributed by atoms with E-state index in [1.807, 2.05) is 0 Å². The number of hydrogen-bond acceptors (Lipinski definition) is 4. The second kappa shape index (κ2) is 7.02. The Bertz CT molecular complexity index is 861. The van der Waals surface area contributed by atoms with Gasteiger partial charge >= 0.3 is 5.97 Å². The number of pyridine rings is 1. The lowest BCUT2D eigenvalue weighted by Gasteiger charge is -2.09. The maximum absolute atomic E-state index is 12.2. The molecule has 1 aromatic carbocycles. The van der Waals surface area contributed by atoms with Gasteiger partial charge in [-0.1, -0.05) is 13.3 Å². The third-order valence-corrected chi connectivity index (χ3v) is 5.11. The average molecular weight is 343 g/mol. The summed E-state index contributed by atoms with van der Waals surface area (Å²) in [6.45, 7) is 2.07. The van der Waals surface area contributed by atoms with Crippen LogP contribution in [0.1, 0.15) is 30.1 Å². The highest BCUT2D eigenvalue weighted by Crippen LogP contribution is 2.20. The van der Waals surface area contributed by atoms with Crippen molar-refractivity contribution in [3.05, 3.63) is 48.4 Å². The third-order valence-electron chi connectivity index (χ3n) is 3.70. The summed E-state index contributed by atoms with van der Waals surface area (Å²) >= 11 is -1.06. The number of carboxylic acid groups (broad SMARTS) is 1. The lowest BCUT2D eigenvalue weighted by atomic mass is 10.2. The normalized spacial score (nSPS) is 12.4. The van der Waals surface area contributed by atoms with Crippen LogP contribution in [0.2, 0.25) is 0 Å². The molecule has 0 saturated carbocycles. The van der Waals surface area contributed by atoms with Gasteiger partial charge in [0.15, 0.2) is 10.5 Å². The highest BCUT2D eigenvalue weighted by Gasteiger charge is 2.14. The molecular weight excluding hydrogens is 326 g/mol. The van der Waals surface area contributed by atoms with Gasteiger partial charge < -0.3 is 9.66 Å². The number of benzene rings is 1. The summed E-state index contributed by atoms with van der Waals surface area (Å²) in [6.07, 6.45) is 5.17. The van der Waals surface area contributed by atoms with E-state index in [2.05, 4.69) is 16.9 Å². The number of fused-ring (bicyclic) bond motifs is 1. The van der Waals surface area contributed by atoms with Gasteiger partial charge in [-0.3, -0.25) is 4.57 Å². The van der Waals surface area contributed by atoms with Gasteiger partial charge in [-0.15, -0.1) is 0 Å². The minimum absolute atomic E-state index is 0.227. The summed E-state index contributed by atoms with van der Waals surface area (Å²) in [6, 6.07) is 8.30. The number of carbonyl (C=O) groups is 1. The third kappa shape index (κ3) is 3.27. The van der Waals surface area contributed by atoms with E-state index in [0.717, 1.165) is 18.5 Å². The van der Waals surface area contributed by atoms with Crippen LogP contribution in [0, 0.1) is 0 Å². The van der Waals surface area contributed by atoms with E-state index in [0.29, 0.717) is 21.8 Å². The van der Waals surface area contributed by atoms with Crippen molar-refractivity contribution in [2.45, 2.75) is 24.7 Å². The second-order valence-corrected chi connectivity index (χ2v) is 6.95. The molecular formula is C17H17N3O3S. The van der Waals surface area contributed by atoms with Crippen molar-refractivity contribution in [2.24, 2.45) is 0 Å². The number of aromatic carboxylic acids is 1. The number of unbranched alkanes of at least 4 members (excludes halogenated alkanes) is 1. The fourth-order valence-corrected chi connectivity index (χ4v) is 3.55. The zero-order chi connectivity index (χ0) is 17.1. The van der Waals surface area contributed by atoms with Gasteiger partial charge in [-0.25, -0.2) is 14.8 Å². The van der Waals surface area contributed by atoms with Gasteiger partial charge in [-0.2, -0.15) is 0 Å². The lowest BCUT2D eigenvalue weighted by Crippen LogP contribution is -2.07. The Morgan fingerprint density at radius 1 is 1.29 bits per heavy atom. The van der Waals surface area contributed by atoms with Crippen LogP contribution in [0.3, 0.4) is 0 Å². The summed E-state index contributed by atoms with van der Waals surface area (Å²) in [5.74, 6) is -0.338. The van der Waals surface area contributed by atoms with Gasteiger partial charge in [0.05, 0.1) is 11.8 Å². The van der Waals surface area contributed by atoms with E-state index < -0.39 is 17.1 Å². The number of hydrogen-bond donors (Lipinski definition) is 1. The molecule has 0 aliphatic heterocycles. The fraction of sp³-hybridized carbons (Fsp3) is 0.235. The molecule has 0 aliphatic rings. The number of carboxylic acids is 1. The standard InChI is InChI=1S/C17H17N3O3S/c1-2-3-8-24(23)14-9-15-16(18-10-14)20(11-19-15)13-6-4-12(5-7-13)17(21)22/h4-7,9-11H,2-3,8H2,1H3,(H,21,22). The number of aromatic nitrogens is 3. The molecule has 124 valence electrons. The van der Waals surface area contributed by atoms with E-state index in [9.17, 15) is 9.35 Å². The summed E-state index contributed by atoms with van der Waals surface area (Å²) in [7, 11) is 0. The zero-order valence-electron chi connectivity index (χ0n) is 13.2. The molecule has 6 nitrogen and oxygen atoms in total. The molecule has 0 saturated heterocycles. The van der Waals surface area contributed by atoms with Gasteiger partial charge in [-0.05, 0) is 41.9 Å². The summed E-state index contributed by atoms with van der Waals surface area (Å²) in [5.41, 5.74) is 2.31.